The molecule has 2 heterocycles. The van der Waals surface area contributed by atoms with Crippen molar-refractivity contribution < 1.29 is 33.7 Å². The highest BCUT2D eigenvalue weighted by molar-refractivity contribution is 7.17. The predicted molar refractivity (Wildman–Crippen MR) is 157 cm³/mol. The molecule has 10 heteroatoms. The third kappa shape index (κ3) is 6.33. The number of ether oxygens (including phenoxy) is 3. The van der Waals surface area contributed by atoms with E-state index in [-0.39, 0.29) is 27.9 Å². The van der Waals surface area contributed by atoms with Gasteiger partial charge in [0.1, 0.15) is 28.7 Å². The molecule has 1 amide bonds. The van der Waals surface area contributed by atoms with Gasteiger partial charge in [-0.05, 0) is 62.2 Å². The van der Waals surface area contributed by atoms with Crippen molar-refractivity contribution in [1.29, 1.82) is 0 Å². The number of hydrogen-bond donors (Lipinski definition) is 1. The molecule has 41 heavy (non-hydrogen) atoms. The molecule has 3 aromatic rings. The van der Waals surface area contributed by atoms with Gasteiger partial charge in [0.25, 0.3) is 5.78 Å². The number of carbonyl (C=O) groups excluding carboxylic acids is 3. The lowest BCUT2D eigenvalue weighted by molar-refractivity contribution is -0.132. The highest BCUT2D eigenvalue weighted by Crippen LogP contribution is 2.44. The number of aliphatic hydroxyl groups excluding tert-OH is 1. The number of unbranched alkanes of at least 4 members (excludes halogenated alkanes) is 1. The number of hydrogen-bond acceptors (Lipinski definition) is 9. The summed E-state index contributed by atoms with van der Waals surface area (Å²) in [5, 5.41) is 11.6. The Hall–Kier alpha value is -4.44. The maximum atomic E-state index is 13.5. The number of aromatic nitrogens is 1. The first-order chi connectivity index (χ1) is 19.8. The Labute approximate surface area is 242 Å². The Balaban J connectivity index is 1.80. The van der Waals surface area contributed by atoms with Crippen LogP contribution in [0.2, 0.25) is 0 Å². The number of ketones is 1. The molecule has 0 spiro atoms. The maximum Gasteiger partial charge on any atom is 0.350 e. The Kier molecular flexibility index (Phi) is 9.57. The molecule has 4 rings (SSSR count). The third-order valence-corrected chi connectivity index (χ3v) is 7.49. The first-order valence-electron chi connectivity index (χ1n) is 13.3. The van der Waals surface area contributed by atoms with Crippen molar-refractivity contribution in [2.24, 2.45) is 0 Å². The summed E-state index contributed by atoms with van der Waals surface area (Å²) < 4.78 is 16.4. The molecule has 1 fully saturated rings. The molecule has 0 saturated carbocycles. The number of thiazole rings is 1. The van der Waals surface area contributed by atoms with Crippen molar-refractivity contribution in [3.05, 3.63) is 88.5 Å². The van der Waals surface area contributed by atoms with Gasteiger partial charge in [-0.3, -0.25) is 14.5 Å². The van der Waals surface area contributed by atoms with Crippen molar-refractivity contribution in [2.75, 3.05) is 24.7 Å². The van der Waals surface area contributed by atoms with E-state index in [1.165, 1.54) is 4.90 Å². The smallest absolute Gasteiger partial charge is 0.350 e. The fourth-order valence-electron chi connectivity index (χ4n) is 4.32. The third-order valence-electron chi connectivity index (χ3n) is 6.35. The highest BCUT2D eigenvalue weighted by atomic mass is 32.1. The number of benzene rings is 2. The lowest BCUT2D eigenvalue weighted by atomic mass is 9.95. The van der Waals surface area contributed by atoms with Gasteiger partial charge in [0.05, 0.1) is 30.5 Å². The number of aliphatic hydroxyl groups is 1. The molecule has 1 atom stereocenters. The van der Waals surface area contributed by atoms with Gasteiger partial charge < -0.3 is 19.3 Å². The molecule has 0 bridgehead atoms. The van der Waals surface area contributed by atoms with Crippen molar-refractivity contribution in [2.45, 2.75) is 39.7 Å². The average molecular weight is 577 g/mol. The summed E-state index contributed by atoms with van der Waals surface area (Å²) in [5.74, 6) is -1.43. The summed E-state index contributed by atoms with van der Waals surface area (Å²) in [7, 11) is 0. The summed E-state index contributed by atoms with van der Waals surface area (Å²) in [4.78, 5) is 45.3. The molecule has 1 saturated heterocycles. The number of anilines is 1. The summed E-state index contributed by atoms with van der Waals surface area (Å²) in [6.07, 6.45) is 3.53. The van der Waals surface area contributed by atoms with Crippen LogP contribution in [0.4, 0.5) is 5.13 Å². The van der Waals surface area contributed by atoms with E-state index in [1.54, 1.807) is 68.5 Å². The van der Waals surface area contributed by atoms with Crippen LogP contribution in [0, 0.1) is 6.92 Å². The van der Waals surface area contributed by atoms with Crippen LogP contribution in [0.3, 0.4) is 0 Å². The molecular formula is C31H32N2O7S. The maximum absolute atomic E-state index is 13.5. The molecule has 0 aliphatic carbocycles. The second kappa shape index (κ2) is 13.3. The van der Waals surface area contributed by atoms with Gasteiger partial charge in [-0.1, -0.05) is 49.5 Å². The Morgan fingerprint density at radius 1 is 1.07 bits per heavy atom. The minimum absolute atomic E-state index is 0.0973. The van der Waals surface area contributed by atoms with Crippen molar-refractivity contribution >= 4 is 39.9 Å². The van der Waals surface area contributed by atoms with E-state index in [1.807, 2.05) is 0 Å². The van der Waals surface area contributed by atoms with Crippen molar-refractivity contribution in [1.82, 2.24) is 4.98 Å². The summed E-state index contributed by atoms with van der Waals surface area (Å²) in [6.45, 7) is 10.1. The summed E-state index contributed by atoms with van der Waals surface area (Å²) >= 11 is 0.955. The lowest BCUT2D eigenvalue weighted by Gasteiger charge is -2.23. The second-order valence-corrected chi connectivity index (χ2v) is 10.2. The molecule has 9 nitrogen and oxygen atoms in total. The molecular weight excluding hydrogens is 544 g/mol. The SMILES string of the molecule is C=CCOc1ccc(C2/C(=C(/O)c3ccc(OCCCC)cc3)C(=O)C(=O)N2c2nc(C)c(C(=O)OCC)s2)cc1. The predicted octanol–water partition coefficient (Wildman–Crippen LogP) is 6.00. The van der Waals surface area contributed by atoms with Gasteiger partial charge in [-0.25, -0.2) is 9.78 Å². The van der Waals surface area contributed by atoms with Crippen LogP contribution in [0.5, 0.6) is 11.5 Å². The monoisotopic (exact) mass is 576 g/mol. The van der Waals surface area contributed by atoms with Crippen LogP contribution in [0.1, 0.15) is 59.2 Å². The topological polar surface area (TPSA) is 115 Å². The second-order valence-electron chi connectivity index (χ2n) is 9.20. The normalized spacial score (nSPS) is 16.1. The Morgan fingerprint density at radius 3 is 2.37 bits per heavy atom. The zero-order valence-electron chi connectivity index (χ0n) is 23.2. The van der Waals surface area contributed by atoms with Crippen LogP contribution >= 0.6 is 11.3 Å². The quantitative estimate of drug-likeness (QED) is 0.0697. The van der Waals surface area contributed by atoms with E-state index in [9.17, 15) is 19.5 Å². The molecule has 214 valence electrons. The average Bonchev–Trinajstić information content (AvgIpc) is 3.48. The first-order valence-corrected chi connectivity index (χ1v) is 14.1. The van der Waals surface area contributed by atoms with E-state index in [4.69, 9.17) is 14.2 Å². The van der Waals surface area contributed by atoms with Crippen LogP contribution in [-0.2, 0) is 14.3 Å². The van der Waals surface area contributed by atoms with Crippen LogP contribution < -0.4 is 14.4 Å². The minimum Gasteiger partial charge on any atom is -0.507 e. The molecule has 1 unspecified atom stereocenters. The number of Topliss-reactive ketones (excluding diaryl/α,β-unsaturated/α-hetero) is 1. The lowest BCUT2D eigenvalue weighted by Crippen LogP contribution is -2.29. The Morgan fingerprint density at radius 2 is 1.73 bits per heavy atom. The van der Waals surface area contributed by atoms with Crippen LogP contribution in [0.25, 0.3) is 5.76 Å². The zero-order valence-corrected chi connectivity index (χ0v) is 24.0. The minimum atomic E-state index is -1.01. The zero-order chi connectivity index (χ0) is 29.5. The van der Waals surface area contributed by atoms with Gasteiger partial charge in [-0.2, -0.15) is 0 Å². The molecule has 1 aliphatic rings. The highest BCUT2D eigenvalue weighted by Gasteiger charge is 2.48. The van der Waals surface area contributed by atoms with E-state index in [0.29, 0.717) is 41.5 Å². The van der Waals surface area contributed by atoms with Crippen molar-refractivity contribution in [3.8, 4) is 11.5 Å². The largest absolute Gasteiger partial charge is 0.507 e. The fourth-order valence-corrected chi connectivity index (χ4v) is 5.30. The first kappa shape index (κ1) is 29.5. The number of nitrogens with zero attached hydrogens (tertiary/aromatic N) is 2. The van der Waals surface area contributed by atoms with Crippen LogP contribution in [0.15, 0.2) is 66.8 Å². The number of aryl methyl sites for hydroxylation is 1. The molecule has 1 N–H and O–H groups in total. The van der Waals surface area contributed by atoms with E-state index in [0.717, 1.165) is 24.2 Å². The van der Waals surface area contributed by atoms with Crippen LogP contribution in [-0.4, -0.2) is 47.6 Å². The van der Waals surface area contributed by atoms with Crippen molar-refractivity contribution in [3.63, 3.8) is 0 Å². The van der Waals surface area contributed by atoms with E-state index < -0.39 is 23.7 Å². The number of amides is 1. The van der Waals surface area contributed by atoms with Gasteiger partial charge >= 0.3 is 11.9 Å². The molecule has 1 aliphatic heterocycles. The summed E-state index contributed by atoms with van der Waals surface area (Å²) in [6, 6.07) is 12.5. The van der Waals surface area contributed by atoms with Gasteiger partial charge in [0, 0.05) is 5.56 Å². The number of rotatable bonds is 12. The number of esters is 1. The van der Waals surface area contributed by atoms with Gasteiger partial charge in [0.15, 0.2) is 5.13 Å². The standard InChI is InChI=1S/C31H32N2O7S/c1-5-8-18-40-23-15-11-21(12-16-23)26(34)24-25(20-9-13-22(14-10-20)39-17-6-2)33(29(36)27(24)35)31-32-19(4)28(41-31)30(37)38-7-3/h6,9-16,25,34H,2,5,7-8,17-18H2,1,3-4H3/b26-24-. The summed E-state index contributed by atoms with van der Waals surface area (Å²) in [5.41, 5.74) is 1.17. The molecule has 2 aromatic carbocycles. The number of carbonyl (C=O) groups is 3. The van der Waals surface area contributed by atoms with E-state index >= 15 is 0 Å². The molecule has 0 radical (unpaired) electrons. The van der Waals surface area contributed by atoms with E-state index in [2.05, 4.69) is 18.5 Å². The fraction of sp³-hybridized carbons (Fsp3) is 0.290. The Bertz CT molecular complexity index is 1460. The molecule has 1 aromatic heterocycles. The van der Waals surface area contributed by atoms with Gasteiger partial charge in [-0.15, -0.1) is 0 Å². The van der Waals surface area contributed by atoms with Gasteiger partial charge in [0.2, 0.25) is 0 Å².